The number of nitrogens with two attached hydrogens (primary N) is 1. The highest BCUT2D eigenvalue weighted by atomic mass is 16.4. The summed E-state index contributed by atoms with van der Waals surface area (Å²) in [5, 5.41) is 9.10. The van der Waals surface area contributed by atoms with Crippen LogP contribution in [0.15, 0.2) is 83.9 Å². The van der Waals surface area contributed by atoms with Gasteiger partial charge in [-0.2, -0.15) is 0 Å². The van der Waals surface area contributed by atoms with E-state index in [2.05, 4.69) is 4.99 Å². The van der Waals surface area contributed by atoms with Crippen LogP contribution < -0.4 is 5.73 Å². The second kappa shape index (κ2) is 6.91. The molecule has 6 heteroatoms. The van der Waals surface area contributed by atoms with Crippen LogP contribution in [-0.2, 0) is 10.3 Å². The molecule has 144 valence electrons. The maximum absolute atomic E-state index is 13.3. The summed E-state index contributed by atoms with van der Waals surface area (Å²) in [6.07, 6.45) is 0. The first-order chi connectivity index (χ1) is 13.9. The fourth-order valence-corrected chi connectivity index (χ4v) is 3.59. The molecule has 1 aliphatic rings. The minimum atomic E-state index is -1.25. The van der Waals surface area contributed by atoms with Crippen LogP contribution in [0.1, 0.15) is 21.5 Å². The average Bonchev–Trinajstić information content (AvgIpc) is 2.99. The predicted octanol–water partition coefficient (Wildman–Crippen LogP) is 3.08. The number of benzene rings is 3. The summed E-state index contributed by atoms with van der Waals surface area (Å²) in [4.78, 5) is 30.3. The first kappa shape index (κ1) is 18.4. The number of likely N-dealkylation sites (N-methyl/N-ethyl adjacent to an activating group) is 1. The van der Waals surface area contributed by atoms with Crippen molar-refractivity contribution in [3.05, 3.63) is 95.6 Å². The van der Waals surface area contributed by atoms with Crippen molar-refractivity contribution in [3.63, 3.8) is 0 Å². The number of amides is 1. The molecule has 0 fully saturated rings. The lowest BCUT2D eigenvalue weighted by Gasteiger charge is -2.26. The summed E-state index contributed by atoms with van der Waals surface area (Å²) >= 11 is 0. The monoisotopic (exact) mass is 385 g/mol. The molecule has 29 heavy (non-hydrogen) atoms. The largest absolute Gasteiger partial charge is 0.478 e. The number of aromatic carboxylic acids is 1. The van der Waals surface area contributed by atoms with Gasteiger partial charge in [0.25, 0.3) is 5.91 Å². The number of hydrogen-bond acceptors (Lipinski definition) is 4. The maximum atomic E-state index is 13.3. The number of nitrogens with zero attached hydrogens (tertiary/aromatic N) is 2. The van der Waals surface area contributed by atoms with E-state index in [1.165, 1.54) is 4.90 Å². The lowest BCUT2D eigenvalue weighted by Crippen LogP contribution is -2.41. The molecule has 0 aromatic heterocycles. The van der Waals surface area contributed by atoms with Crippen LogP contribution in [-0.4, -0.2) is 34.9 Å². The molecule has 0 aliphatic carbocycles. The summed E-state index contributed by atoms with van der Waals surface area (Å²) in [6.45, 7) is 0. The topological polar surface area (TPSA) is 96.0 Å². The highest BCUT2D eigenvalue weighted by Crippen LogP contribution is 2.40. The molecule has 0 saturated heterocycles. The molecule has 1 amide bonds. The molecule has 0 bridgehead atoms. The zero-order chi connectivity index (χ0) is 20.6. The van der Waals surface area contributed by atoms with E-state index < -0.39 is 11.5 Å². The van der Waals surface area contributed by atoms with Crippen molar-refractivity contribution in [2.45, 2.75) is 5.54 Å². The molecular formula is C23H19N3O3. The van der Waals surface area contributed by atoms with E-state index in [-0.39, 0.29) is 17.4 Å². The van der Waals surface area contributed by atoms with Crippen LogP contribution in [0, 0.1) is 0 Å². The maximum Gasteiger partial charge on any atom is 0.335 e. The van der Waals surface area contributed by atoms with E-state index >= 15 is 0 Å². The zero-order valence-electron chi connectivity index (χ0n) is 15.7. The SMILES string of the molecule is CN1C(=O)C(c2ccccc2)(c2cccc(-c3ccc(C(=O)O)cc3)c2)N=C1N. The van der Waals surface area contributed by atoms with Crippen molar-refractivity contribution >= 4 is 17.8 Å². The molecule has 0 spiro atoms. The second-order valence-electron chi connectivity index (χ2n) is 6.87. The Hall–Kier alpha value is -3.93. The standard InChI is InChI=1S/C23H19N3O3/c1-26-21(29)23(25-22(26)24,18-7-3-2-4-8-18)19-9-5-6-17(14-19)15-10-12-16(13-11-15)20(27)28/h2-14H,1H3,(H2,24,25)(H,27,28). The predicted molar refractivity (Wildman–Crippen MR) is 110 cm³/mol. The molecule has 1 aliphatic heterocycles. The summed E-state index contributed by atoms with van der Waals surface area (Å²) in [5.74, 6) is -1.03. The Bertz CT molecular complexity index is 1120. The Kier molecular flexibility index (Phi) is 4.39. The molecule has 3 N–H and O–H groups in total. The highest BCUT2D eigenvalue weighted by molar-refractivity contribution is 6.09. The number of carboxylic acids is 1. The fraction of sp³-hybridized carbons (Fsp3) is 0.0870. The Labute approximate surface area is 167 Å². The lowest BCUT2D eigenvalue weighted by molar-refractivity contribution is -0.129. The molecular weight excluding hydrogens is 366 g/mol. The van der Waals surface area contributed by atoms with E-state index in [0.717, 1.165) is 16.7 Å². The number of guanidine groups is 1. The Morgan fingerprint density at radius 2 is 1.59 bits per heavy atom. The van der Waals surface area contributed by atoms with Gasteiger partial charge in [-0.25, -0.2) is 9.79 Å². The first-order valence-electron chi connectivity index (χ1n) is 9.07. The molecule has 3 aromatic carbocycles. The number of carboxylic acid groups (broad SMARTS) is 1. The van der Waals surface area contributed by atoms with Gasteiger partial charge in [0.2, 0.25) is 0 Å². The van der Waals surface area contributed by atoms with E-state index in [1.54, 1.807) is 31.3 Å². The molecule has 4 rings (SSSR count). The summed E-state index contributed by atoms with van der Waals surface area (Å²) in [7, 11) is 1.61. The summed E-state index contributed by atoms with van der Waals surface area (Å²) in [5.41, 5.74) is 8.10. The molecule has 0 saturated carbocycles. The number of carbonyl (C=O) groups is 2. The molecule has 1 unspecified atom stereocenters. The third-order valence-electron chi connectivity index (χ3n) is 5.18. The van der Waals surface area contributed by atoms with Gasteiger partial charge in [0.1, 0.15) is 0 Å². The van der Waals surface area contributed by atoms with Crippen LogP contribution in [0.5, 0.6) is 0 Å². The van der Waals surface area contributed by atoms with Crippen LogP contribution in [0.3, 0.4) is 0 Å². The number of aliphatic imine (C=N–C) groups is 1. The van der Waals surface area contributed by atoms with Crippen molar-refractivity contribution in [3.8, 4) is 11.1 Å². The van der Waals surface area contributed by atoms with Crippen molar-refractivity contribution in [2.24, 2.45) is 10.7 Å². The first-order valence-corrected chi connectivity index (χ1v) is 9.07. The third-order valence-corrected chi connectivity index (χ3v) is 5.18. The Balaban J connectivity index is 1.87. The van der Waals surface area contributed by atoms with E-state index in [4.69, 9.17) is 10.8 Å². The second-order valence-corrected chi connectivity index (χ2v) is 6.87. The van der Waals surface area contributed by atoms with Crippen molar-refractivity contribution in [2.75, 3.05) is 7.05 Å². The summed E-state index contributed by atoms with van der Waals surface area (Å²) < 4.78 is 0. The normalized spacial score (nSPS) is 18.6. The van der Waals surface area contributed by atoms with E-state index in [1.807, 2.05) is 54.6 Å². The van der Waals surface area contributed by atoms with Gasteiger partial charge in [-0.05, 0) is 40.5 Å². The summed E-state index contributed by atoms with van der Waals surface area (Å²) in [6, 6.07) is 23.5. The van der Waals surface area contributed by atoms with Gasteiger partial charge in [0.15, 0.2) is 11.5 Å². The number of rotatable bonds is 4. The van der Waals surface area contributed by atoms with E-state index in [9.17, 15) is 9.59 Å². The third kappa shape index (κ3) is 2.95. The minimum Gasteiger partial charge on any atom is -0.478 e. The zero-order valence-corrected chi connectivity index (χ0v) is 15.7. The quantitative estimate of drug-likeness (QED) is 0.721. The number of hydrogen-bond donors (Lipinski definition) is 2. The van der Waals surface area contributed by atoms with Gasteiger partial charge in [0.05, 0.1) is 5.56 Å². The molecule has 6 nitrogen and oxygen atoms in total. The van der Waals surface area contributed by atoms with Gasteiger partial charge in [0, 0.05) is 7.05 Å². The van der Waals surface area contributed by atoms with E-state index in [0.29, 0.717) is 5.56 Å². The molecule has 1 atom stereocenters. The van der Waals surface area contributed by atoms with Crippen molar-refractivity contribution in [1.82, 2.24) is 4.90 Å². The Morgan fingerprint density at radius 1 is 0.931 bits per heavy atom. The smallest absolute Gasteiger partial charge is 0.335 e. The van der Waals surface area contributed by atoms with Gasteiger partial charge in [-0.3, -0.25) is 9.69 Å². The van der Waals surface area contributed by atoms with Crippen molar-refractivity contribution in [1.29, 1.82) is 0 Å². The van der Waals surface area contributed by atoms with Crippen molar-refractivity contribution < 1.29 is 14.7 Å². The van der Waals surface area contributed by atoms with Gasteiger partial charge >= 0.3 is 5.97 Å². The molecule has 1 heterocycles. The average molecular weight is 385 g/mol. The van der Waals surface area contributed by atoms with Crippen LogP contribution in [0.4, 0.5) is 0 Å². The van der Waals surface area contributed by atoms with Gasteiger partial charge in [-0.15, -0.1) is 0 Å². The van der Waals surface area contributed by atoms with Crippen LogP contribution in [0.2, 0.25) is 0 Å². The molecule has 0 radical (unpaired) electrons. The van der Waals surface area contributed by atoms with Gasteiger partial charge in [-0.1, -0.05) is 60.7 Å². The van der Waals surface area contributed by atoms with Crippen LogP contribution in [0.25, 0.3) is 11.1 Å². The number of carbonyl (C=O) groups excluding carboxylic acids is 1. The Morgan fingerprint density at radius 3 is 2.17 bits per heavy atom. The lowest BCUT2D eigenvalue weighted by atomic mass is 9.82. The fourth-order valence-electron chi connectivity index (χ4n) is 3.59. The highest BCUT2D eigenvalue weighted by Gasteiger charge is 2.49. The van der Waals surface area contributed by atoms with Gasteiger partial charge < -0.3 is 10.8 Å². The van der Waals surface area contributed by atoms with Crippen LogP contribution >= 0.6 is 0 Å². The minimum absolute atomic E-state index is 0.162. The molecule has 3 aromatic rings.